The van der Waals surface area contributed by atoms with E-state index in [9.17, 15) is 0 Å². The molecule has 154 valence electrons. The molecule has 0 radical (unpaired) electrons. The Balaban J connectivity index is 0.00000338. The van der Waals surface area contributed by atoms with Gasteiger partial charge in [0.05, 0.1) is 32.5 Å². The molecule has 2 N–H and O–H groups in total. The summed E-state index contributed by atoms with van der Waals surface area (Å²) in [5.41, 5.74) is 0. The van der Waals surface area contributed by atoms with E-state index in [1.54, 1.807) is 0 Å². The van der Waals surface area contributed by atoms with E-state index in [-0.39, 0.29) is 30.1 Å². The molecule has 0 aromatic heterocycles. The minimum Gasteiger partial charge on any atom is -0.379 e. The Labute approximate surface area is 176 Å². The van der Waals surface area contributed by atoms with E-state index in [0.29, 0.717) is 12.0 Å². The number of ether oxygens (including phenoxy) is 2. The van der Waals surface area contributed by atoms with Gasteiger partial charge in [0.1, 0.15) is 0 Å². The first kappa shape index (κ1) is 23.9. The molecule has 7 nitrogen and oxygen atoms in total. The summed E-state index contributed by atoms with van der Waals surface area (Å²) >= 11 is 0. The number of nitrogens with zero attached hydrogens (tertiary/aromatic N) is 3. The summed E-state index contributed by atoms with van der Waals surface area (Å²) in [6, 6.07) is 0.455. The fourth-order valence-electron chi connectivity index (χ4n) is 3.38. The second kappa shape index (κ2) is 13.1. The number of rotatable bonds is 7. The van der Waals surface area contributed by atoms with Crippen molar-refractivity contribution in [1.29, 1.82) is 0 Å². The van der Waals surface area contributed by atoms with Crippen LogP contribution in [0.3, 0.4) is 0 Å². The molecule has 2 saturated heterocycles. The maximum absolute atomic E-state index is 5.83. The molecular formula is C18H38IN5O2. The molecule has 2 unspecified atom stereocenters. The van der Waals surface area contributed by atoms with E-state index in [1.165, 1.54) is 0 Å². The Bertz CT molecular complexity index is 405. The monoisotopic (exact) mass is 483 g/mol. The van der Waals surface area contributed by atoms with Crippen LogP contribution < -0.4 is 10.6 Å². The highest BCUT2D eigenvalue weighted by Crippen LogP contribution is 2.13. The fraction of sp³-hybridized carbons (Fsp3) is 0.944. The van der Waals surface area contributed by atoms with Gasteiger partial charge in [0.25, 0.3) is 0 Å². The van der Waals surface area contributed by atoms with Gasteiger partial charge in [-0.05, 0) is 19.9 Å². The normalized spacial score (nSPS) is 24.2. The van der Waals surface area contributed by atoms with Crippen LogP contribution in [0.15, 0.2) is 4.99 Å². The van der Waals surface area contributed by atoms with Crippen LogP contribution in [0.1, 0.15) is 20.8 Å². The van der Waals surface area contributed by atoms with E-state index in [1.807, 2.05) is 0 Å². The van der Waals surface area contributed by atoms with E-state index < -0.39 is 0 Å². The van der Waals surface area contributed by atoms with Gasteiger partial charge in [0.2, 0.25) is 0 Å². The van der Waals surface area contributed by atoms with Crippen LogP contribution in [0.5, 0.6) is 0 Å². The molecule has 2 aliphatic heterocycles. The third kappa shape index (κ3) is 8.24. The second-order valence-corrected chi connectivity index (χ2v) is 7.32. The molecule has 0 aromatic rings. The lowest BCUT2D eigenvalue weighted by molar-refractivity contribution is -0.0161. The lowest BCUT2D eigenvalue weighted by Gasteiger charge is -2.36. The van der Waals surface area contributed by atoms with Gasteiger partial charge in [-0.3, -0.25) is 9.89 Å². The van der Waals surface area contributed by atoms with Crippen LogP contribution >= 0.6 is 24.0 Å². The predicted molar refractivity (Wildman–Crippen MR) is 118 cm³/mol. The van der Waals surface area contributed by atoms with Gasteiger partial charge in [0, 0.05) is 45.3 Å². The van der Waals surface area contributed by atoms with E-state index in [2.05, 4.69) is 48.3 Å². The van der Waals surface area contributed by atoms with Crippen molar-refractivity contribution < 1.29 is 9.47 Å². The number of halogens is 1. The molecule has 0 saturated carbocycles. The van der Waals surface area contributed by atoms with E-state index in [0.717, 1.165) is 71.6 Å². The summed E-state index contributed by atoms with van der Waals surface area (Å²) in [5, 5.41) is 6.81. The van der Waals surface area contributed by atoms with Gasteiger partial charge in [-0.2, -0.15) is 0 Å². The van der Waals surface area contributed by atoms with Gasteiger partial charge >= 0.3 is 0 Å². The highest BCUT2D eigenvalue weighted by molar-refractivity contribution is 14.0. The Morgan fingerprint density at radius 3 is 2.50 bits per heavy atom. The van der Waals surface area contributed by atoms with Crippen molar-refractivity contribution in [3.8, 4) is 0 Å². The zero-order valence-corrected chi connectivity index (χ0v) is 19.2. The summed E-state index contributed by atoms with van der Waals surface area (Å²) in [4.78, 5) is 9.68. The molecule has 2 fully saturated rings. The fourth-order valence-corrected chi connectivity index (χ4v) is 3.38. The van der Waals surface area contributed by atoms with Gasteiger partial charge in [-0.25, -0.2) is 0 Å². The zero-order chi connectivity index (χ0) is 18.1. The minimum atomic E-state index is 0. The maximum atomic E-state index is 5.83. The smallest absolute Gasteiger partial charge is 0.191 e. The van der Waals surface area contributed by atoms with Crippen molar-refractivity contribution in [1.82, 2.24) is 20.4 Å². The molecule has 26 heavy (non-hydrogen) atoms. The van der Waals surface area contributed by atoms with Gasteiger partial charge in [-0.15, -0.1) is 24.0 Å². The summed E-state index contributed by atoms with van der Waals surface area (Å²) in [6.07, 6.45) is 0.225. The average molecular weight is 483 g/mol. The molecule has 8 heteroatoms. The standard InChI is InChI=1S/C18H37N5O2.HI/c1-5-19-18(20-12-16-14-22(4)6-11-25-16)21-13-17(15(2)3)23-7-9-24-10-8-23;/h15-17H,5-14H2,1-4H3,(H2,19,20,21);1H. The van der Waals surface area contributed by atoms with Crippen molar-refractivity contribution in [2.45, 2.75) is 32.9 Å². The largest absolute Gasteiger partial charge is 0.379 e. The van der Waals surface area contributed by atoms with E-state index >= 15 is 0 Å². The van der Waals surface area contributed by atoms with Gasteiger partial charge < -0.3 is 25.0 Å². The first-order valence-corrected chi connectivity index (χ1v) is 9.74. The Kier molecular flexibility index (Phi) is 12.0. The second-order valence-electron chi connectivity index (χ2n) is 7.32. The zero-order valence-electron chi connectivity index (χ0n) is 16.9. The number of likely N-dealkylation sites (N-methyl/N-ethyl adjacent to an activating group) is 1. The van der Waals surface area contributed by atoms with Crippen LogP contribution in [-0.2, 0) is 9.47 Å². The molecule has 0 bridgehead atoms. The lowest BCUT2D eigenvalue weighted by atomic mass is 10.0. The molecule has 2 atom stereocenters. The molecule has 0 spiro atoms. The number of aliphatic imine (C=N–C) groups is 1. The topological polar surface area (TPSA) is 61.4 Å². The summed E-state index contributed by atoms with van der Waals surface area (Å²) in [6.45, 7) is 15.6. The minimum absolute atomic E-state index is 0. The highest BCUT2D eigenvalue weighted by Gasteiger charge is 2.24. The SMILES string of the molecule is CCNC(=NCC(C(C)C)N1CCOCC1)NCC1CN(C)CCO1.I. The van der Waals surface area contributed by atoms with Gasteiger partial charge in [-0.1, -0.05) is 13.8 Å². The van der Waals surface area contributed by atoms with Crippen molar-refractivity contribution in [3.05, 3.63) is 0 Å². The van der Waals surface area contributed by atoms with Crippen molar-refractivity contribution >= 4 is 29.9 Å². The van der Waals surface area contributed by atoms with Crippen molar-refractivity contribution in [2.75, 3.05) is 72.7 Å². The van der Waals surface area contributed by atoms with Crippen molar-refractivity contribution in [3.63, 3.8) is 0 Å². The number of morpholine rings is 2. The molecule has 2 rings (SSSR count). The predicted octanol–water partition coefficient (Wildman–Crippen LogP) is 0.847. The molecular weight excluding hydrogens is 445 g/mol. The molecule has 0 aromatic carbocycles. The van der Waals surface area contributed by atoms with Crippen LogP contribution in [0, 0.1) is 5.92 Å². The number of nitrogens with one attached hydrogen (secondary N) is 2. The first-order chi connectivity index (χ1) is 12.1. The van der Waals surface area contributed by atoms with Crippen molar-refractivity contribution in [2.24, 2.45) is 10.9 Å². The van der Waals surface area contributed by atoms with E-state index in [4.69, 9.17) is 14.5 Å². The Morgan fingerprint density at radius 2 is 1.88 bits per heavy atom. The third-order valence-corrected chi connectivity index (χ3v) is 4.90. The lowest BCUT2D eigenvalue weighted by Crippen LogP contribution is -2.50. The number of hydrogen-bond acceptors (Lipinski definition) is 5. The van der Waals surface area contributed by atoms with Crippen LogP contribution in [0.25, 0.3) is 0 Å². The van der Waals surface area contributed by atoms with Crippen LogP contribution in [-0.4, -0.2) is 101 Å². The quantitative estimate of drug-likeness (QED) is 0.318. The van der Waals surface area contributed by atoms with Crippen LogP contribution in [0.4, 0.5) is 0 Å². The first-order valence-electron chi connectivity index (χ1n) is 9.74. The molecule has 0 amide bonds. The maximum Gasteiger partial charge on any atom is 0.191 e. The van der Waals surface area contributed by atoms with Crippen LogP contribution in [0.2, 0.25) is 0 Å². The summed E-state index contributed by atoms with van der Waals surface area (Å²) in [7, 11) is 2.14. The summed E-state index contributed by atoms with van der Waals surface area (Å²) < 4.78 is 11.3. The van der Waals surface area contributed by atoms with Gasteiger partial charge in [0.15, 0.2) is 5.96 Å². The molecule has 2 heterocycles. The molecule has 0 aliphatic carbocycles. The third-order valence-electron chi connectivity index (χ3n) is 4.90. The highest BCUT2D eigenvalue weighted by atomic mass is 127. The number of guanidine groups is 1. The summed E-state index contributed by atoms with van der Waals surface area (Å²) in [5.74, 6) is 1.46. The average Bonchev–Trinajstić information content (AvgIpc) is 2.60. The molecule has 2 aliphatic rings. The Hall–Kier alpha value is -0.160. The number of hydrogen-bond donors (Lipinski definition) is 2. The Morgan fingerprint density at radius 1 is 1.15 bits per heavy atom.